The number of hydrogen-bond donors (Lipinski definition) is 3. The molecule has 3 N–H and O–H groups in total. The van der Waals surface area contributed by atoms with Crippen molar-refractivity contribution in [3.05, 3.63) is 19.2 Å². The Labute approximate surface area is 108 Å². The first-order valence-corrected chi connectivity index (χ1v) is 6.46. The van der Waals surface area contributed by atoms with E-state index in [9.17, 15) is 4.79 Å². The van der Waals surface area contributed by atoms with Gasteiger partial charge in [0.25, 0.3) is 5.91 Å². The van der Waals surface area contributed by atoms with E-state index in [4.69, 9.17) is 10.2 Å². The highest BCUT2D eigenvalue weighted by Gasteiger charge is 2.15. The minimum atomic E-state index is -0.614. The lowest BCUT2D eigenvalue weighted by Gasteiger charge is -2.11. The van der Waals surface area contributed by atoms with Crippen LogP contribution in [0.3, 0.4) is 0 Å². The second-order valence-electron chi connectivity index (χ2n) is 2.77. The number of amides is 1. The average Bonchev–Trinajstić information content (AvgIpc) is 2.55. The molecule has 1 aromatic heterocycles. The molecule has 1 amide bonds. The third-order valence-corrected chi connectivity index (χ3v) is 4.90. The molecule has 0 saturated carbocycles. The molecule has 0 unspecified atom stereocenters. The van der Waals surface area contributed by atoms with Crippen LogP contribution in [0.15, 0.2) is 14.3 Å². The lowest BCUT2D eigenvalue weighted by molar-refractivity contribution is 0.0883. The van der Waals surface area contributed by atoms with Crippen molar-refractivity contribution < 1.29 is 15.0 Å². The van der Waals surface area contributed by atoms with E-state index in [0.717, 1.165) is 8.26 Å². The molecule has 1 rings (SSSR count). The Morgan fingerprint density at radius 2 is 2.07 bits per heavy atom. The molecular weight excluding hydrogens is 350 g/mol. The Kier molecular flexibility index (Phi) is 5.20. The van der Waals surface area contributed by atoms with Crippen LogP contribution in [-0.4, -0.2) is 35.4 Å². The Morgan fingerprint density at radius 1 is 1.47 bits per heavy atom. The number of carbonyl (C=O) groups is 1. The molecule has 15 heavy (non-hydrogen) atoms. The number of aliphatic hydroxyl groups excluding tert-OH is 2. The van der Waals surface area contributed by atoms with Gasteiger partial charge in [-0.15, -0.1) is 11.3 Å². The number of hydrogen-bond acceptors (Lipinski definition) is 4. The molecule has 0 radical (unpaired) electrons. The molecule has 0 aromatic carbocycles. The molecule has 0 aliphatic rings. The SMILES string of the molecule is O=C(NC(CO)CO)c1cc(Br)c(Br)s1. The van der Waals surface area contributed by atoms with Gasteiger partial charge in [-0.2, -0.15) is 0 Å². The predicted molar refractivity (Wildman–Crippen MR) is 65.1 cm³/mol. The lowest BCUT2D eigenvalue weighted by Crippen LogP contribution is -2.39. The van der Waals surface area contributed by atoms with E-state index in [1.165, 1.54) is 11.3 Å². The van der Waals surface area contributed by atoms with Crippen LogP contribution in [0.5, 0.6) is 0 Å². The third-order valence-electron chi connectivity index (χ3n) is 1.64. The fraction of sp³-hybridized carbons (Fsp3) is 0.375. The smallest absolute Gasteiger partial charge is 0.261 e. The van der Waals surface area contributed by atoms with E-state index in [2.05, 4.69) is 37.2 Å². The maximum absolute atomic E-state index is 11.6. The molecule has 7 heteroatoms. The molecule has 0 aliphatic heterocycles. The summed E-state index contributed by atoms with van der Waals surface area (Å²) in [5, 5.41) is 20.1. The van der Waals surface area contributed by atoms with Gasteiger partial charge in [0.1, 0.15) is 0 Å². The molecule has 0 aliphatic carbocycles. The van der Waals surface area contributed by atoms with Crippen LogP contribution in [-0.2, 0) is 0 Å². The fourth-order valence-corrected chi connectivity index (χ4v) is 2.80. The van der Waals surface area contributed by atoms with E-state index in [0.29, 0.717) is 4.88 Å². The van der Waals surface area contributed by atoms with Crippen molar-refractivity contribution >= 4 is 49.1 Å². The number of thiophene rings is 1. The van der Waals surface area contributed by atoms with Gasteiger partial charge in [-0.05, 0) is 37.9 Å². The highest BCUT2D eigenvalue weighted by Crippen LogP contribution is 2.32. The first kappa shape index (κ1) is 13.1. The van der Waals surface area contributed by atoms with Gasteiger partial charge in [-0.3, -0.25) is 4.79 Å². The highest BCUT2D eigenvalue weighted by molar-refractivity contribution is 9.13. The summed E-state index contributed by atoms with van der Waals surface area (Å²) in [4.78, 5) is 12.1. The van der Waals surface area contributed by atoms with E-state index < -0.39 is 6.04 Å². The molecule has 0 atom stereocenters. The molecule has 0 spiro atoms. The van der Waals surface area contributed by atoms with Gasteiger partial charge >= 0.3 is 0 Å². The van der Waals surface area contributed by atoms with Crippen molar-refractivity contribution in [1.29, 1.82) is 0 Å². The van der Waals surface area contributed by atoms with Gasteiger partial charge in [0, 0.05) is 4.47 Å². The summed E-state index contributed by atoms with van der Waals surface area (Å²) >= 11 is 7.83. The molecular formula is C8H9Br2NO3S. The highest BCUT2D eigenvalue weighted by atomic mass is 79.9. The van der Waals surface area contributed by atoms with Crippen LogP contribution in [0.25, 0.3) is 0 Å². The summed E-state index contributed by atoms with van der Waals surface area (Å²) in [6.07, 6.45) is 0. The maximum Gasteiger partial charge on any atom is 0.261 e. The Balaban J connectivity index is 2.68. The molecule has 4 nitrogen and oxygen atoms in total. The number of rotatable bonds is 4. The molecule has 1 heterocycles. The Hall–Kier alpha value is 0.0500. The topological polar surface area (TPSA) is 69.6 Å². The fourth-order valence-electron chi connectivity index (χ4n) is 0.864. The van der Waals surface area contributed by atoms with Gasteiger partial charge in [0.05, 0.1) is 27.9 Å². The average molecular weight is 359 g/mol. The molecule has 1 aromatic rings. The number of halogens is 2. The van der Waals surface area contributed by atoms with Crippen LogP contribution in [0.1, 0.15) is 9.67 Å². The zero-order chi connectivity index (χ0) is 11.4. The largest absolute Gasteiger partial charge is 0.394 e. The van der Waals surface area contributed by atoms with Crippen LogP contribution in [0.4, 0.5) is 0 Å². The van der Waals surface area contributed by atoms with Crippen molar-refractivity contribution in [2.24, 2.45) is 0 Å². The van der Waals surface area contributed by atoms with Gasteiger partial charge in [-0.25, -0.2) is 0 Å². The van der Waals surface area contributed by atoms with Crippen molar-refractivity contribution in [1.82, 2.24) is 5.32 Å². The van der Waals surface area contributed by atoms with Crippen molar-refractivity contribution in [2.75, 3.05) is 13.2 Å². The summed E-state index contributed by atoms with van der Waals surface area (Å²) in [5.74, 6) is -0.306. The summed E-state index contributed by atoms with van der Waals surface area (Å²) in [6, 6.07) is 1.06. The third kappa shape index (κ3) is 3.53. The minimum Gasteiger partial charge on any atom is -0.394 e. The van der Waals surface area contributed by atoms with Gasteiger partial charge in [0.2, 0.25) is 0 Å². The maximum atomic E-state index is 11.6. The van der Waals surface area contributed by atoms with Gasteiger partial charge < -0.3 is 15.5 Å². The standard InChI is InChI=1S/C8H9Br2NO3S/c9-5-1-6(15-7(5)10)8(14)11-4(2-12)3-13/h1,4,12-13H,2-3H2,(H,11,14). The van der Waals surface area contributed by atoms with Crippen molar-refractivity contribution in [3.8, 4) is 0 Å². The van der Waals surface area contributed by atoms with E-state index in [1.54, 1.807) is 6.07 Å². The lowest BCUT2D eigenvalue weighted by atomic mass is 10.3. The second-order valence-corrected chi connectivity index (χ2v) is 5.99. The first-order chi connectivity index (χ1) is 7.08. The zero-order valence-electron chi connectivity index (χ0n) is 7.54. The predicted octanol–water partition coefficient (Wildman–Crippen LogP) is 1.36. The minimum absolute atomic E-state index is 0.282. The Morgan fingerprint density at radius 3 is 2.47 bits per heavy atom. The van der Waals surface area contributed by atoms with E-state index in [-0.39, 0.29) is 19.1 Å². The normalized spacial score (nSPS) is 10.7. The van der Waals surface area contributed by atoms with Crippen LogP contribution < -0.4 is 5.32 Å². The summed E-state index contributed by atoms with van der Waals surface area (Å²) in [7, 11) is 0. The number of aliphatic hydroxyl groups is 2. The second kappa shape index (κ2) is 5.95. The van der Waals surface area contributed by atoms with Gasteiger partial charge in [-0.1, -0.05) is 0 Å². The summed E-state index contributed by atoms with van der Waals surface area (Å²) in [5.41, 5.74) is 0. The van der Waals surface area contributed by atoms with E-state index in [1.807, 2.05) is 0 Å². The van der Waals surface area contributed by atoms with Gasteiger partial charge in [0.15, 0.2) is 0 Å². The van der Waals surface area contributed by atoms with Crippen LogP contribution in [0.2, 0.25) is 0 Å². The summed E-state index contributed by atoms with van der Waals surface area (Å²) < 4.78 is 1.64. The first-order valence-electron chi connectivity index (χ1n) is 4.06. The monoisotopic (exact) mass is 357 g/mol. The van der Waals surface area contributed by atoms with Crippen LogP contribution in [0, 0.1) is 0 Å². The number of nitrogens with one attached hydrogen (secondary N) is 1. The van der Waals surface area contributed by atoms with Crippen molar-refractivity contribution in [3.63, 3.8) is 0 Å². The number of carbonyl (C=O) groups excluding carboxylic acids is 1. The zero-order valence-corrected chi connectivity index (χ0v) is 11.5. The molecule has 0 saturated heterocycles. The molecule has 0 fully saturated rings. The summed E-state index contributed by atoms with van der Waals surface area (Å²) in [6.45, 7) is -0.564. The van der Waals surface area contributed by atoms with E-state index >= 15 is 0 Å². The van der Waals surface area contributed by atoms with Crippen molar-refractivity contribution in [2.45, 2.75) is 6.04 Å². The van der Waals surface area contributed by atoms with Crippen LogP contribution >= 0.6 is 43.2 Å². The molecule has 84 valence electrons. The quantitative estimate of drug-likeness (QED) is 0.761. The molecule has 0 bridgehead atoms. The Bertz CT molecular complexity index is 332.